The van der Waals surface area contributed by atoms with E-state index in [1.54, 1.807) is 6.07 Å². The van der Waals surface area contributed by atoms with Gasteiger partial charge in [0.15, 0.2) is 0 Å². The number of carbonyl (C=O) groups excluding carboxylic acids is 1. The fourth-order valence-electron chi connectivity index (χ4n) is 2.55. The zero-order chi connectivity index (χ0) is 14.7. The molecule has 3 rings (SSSR count). The fraction of sp³-hybridized carbons (Fsp3) is 0.500. The lowest BCUT2D eigenvalue weighted by Gasteiger charge is -2.23. The van der Waals surface area contributed by atoms with Crippen molar-refractivity contribution in [3.05, 3.63) is 28.1 Å². The number of nitrogens with zero attached hydrogens (tertiary/aromatic N) is 2. The molecular weight excluding hydrogens is 288 g/mol. The second kappa shape index (κ2) is 6.36. The molecule has 7 heteroatoms. The van der Waals surface area contributed by atoms with E-state index < -0.39 is 0 Å². The topological polar surface area (TPSA) is 76.0 Å². The minimum atomic E-state index is -0.0756. The van der Waals surface area contributed by atoms with Crippen LogP contribution in [0.25, 0.3) is 10.2 Å². The average molecular weight is 306 g/mol. The number of amides is 1. The van der Waals surface area contributed by atoms with Crippen molar-refractivity contribution < 1.29 is 4.79 Å². The van der Waals surface area contributed by atoms with Crippen LogP contribution in [0.15, 0.2) is 22.6 Å². The van der Waals surface area contributed by atoms with Crippen molar-refractivity contribution in [2.45, 2.75) is 31.8 Å². The number of aromatic nitrogens is 2. The number of hydrogen-bond acceptors (Lipinski definition) is 5. The van der Waals surface area contributed by atoms with E-state index in [0.29, 0.717) is 18.4 Å². The van der Waals surface area contributed by atoms with Gasteiger partial charge in [0.1, 0.15) is 4.83 Å². The number of hydrogen-bond donors (Lipinski definition) is 2. The van der Waals surface area contributed by atoms with Crippen LogP contribution in [0.5, 0.6) is 0 Å². The molecule has 1 amide bonds. The number of nitrogens with one attached hydrogen (secondary N) is 2. The number of aryl methyl sites for hydroxylation is 1. The summed E-state index contributed by atoms with van der Waals surface area (Å²) in [6.07, 6.45) is 3.93. The van der Waals surface area contributed by atoms with Crippen molar-refractivity contribution in [3.8, 4) is 0 Å². The highest BCUT2D eigenvalue weighted by Crippen LogP contribution is 2.13. The van der Waals surface area contributed by atoms with Gasteiger partial charge in [0.05, 0.1) is 11.7 Å². The first-order valence-electron chi connectivity index (χ1n) is 7.17. The molecule has 1 aliphatic rings. The first-order chi connectivity index (χ1) is 10.2. The molecule has 0 aliphatic carbocycles. The Hall–Kier alpha value is -1.73. The summed E-state index contributed by atoms with van der Waals surface area (Å²) in [7, 11) is 0. The van der Waals surface area contributed by atoms with E-state index in [4.69, 9.17) is 0 Å². The Morgan fingerprint density at radius 1 is 1.57 bits per heavy atom. The van der Waals surface area contributed by atoms with Gasteiger partial charge in [-0.3, -0.25) is 14.2 Å². The summed E-state index contributed by atoms with van der Waals surface area (Å²) in [5.74, 6) is -0.0129. The third-order valence-electron chi connectivity index (χ3n) is 3.69. The van der Waals surface area contributed by atoms with Gasteiger partial charge in [0.25, 0.3) is 5.56 Å². The molecule has 0 aromatic carbocycles. The number of thiophene rings is 1. The highest BCUT2D eigenvalue weighted by atomic mass is 32.1. The predicted octanol–water partition coefficient (Wildman–Crippen LogP) is 0.716. The van der Waals surface area contributed by atoms with Gasteiger partial charge in [-0.05, 0) is 30.8 Å². The van der Waals surface area contributed by atoms with Gasteiger partial charge in [-0.15, -0.1) is 11.3 Å². The summed E-state index contributed by atoms with van der Waals surface area (Å²) < 4.78 is 1.51. The minimum Gasteiger partial charge on any atom is -0.352 e. The van der Waals surface area contributed by atoms with Crippen LogP contribution >= 0.6 is 11.3 Å². The molecule has 1 saturated heterocycles. The lowest BCUT2D eigenvalue weighted by molar-refractivity contribution is -0.122. The van der Waals surface area contributed by atoms with Crippen LogP contribution in [0.3, 0.4) is 0 Å². The van der Waals surface area contributed by atoms with Crippen LogP contribution in [0.1, 0.15) is 19.3 Å². The van der Waals surface area contributed by atoms with E-state index in [1.807, 2.05) is 5.38 Å². The number of piperidine rings is 1. The van der Waals surface area contributed by atoms with Gasteiger partial charge in [0.2, 0.25) is 5.91 Å². The van der Waals surface area contributed by atoms with Gasteiger partial charge >= 0.3 is 0 Å². The second-order valence-electron chi connectivity index (χ2n) is 5.24. The van der Waals surface area contributed by atoms with E-state index in [1.165, 1.54) is 22.2 Å². The van der Waals surface area contributed by atoms with E-state index >= 15 is 0 Å². The van der Waals surface area contributed by atoms with Crippen molar-refractivity contribution in [3.63, 3.8) is 0 Å². The van der Waals surface area contributed by atoms with Crippen LogP contribution in [-0.2, 0) is 11.3 Å². The van der Waals surface area contributed by atoms with Crippen molar-refractivity contribution in [2.24, 2.45) is 0 Å². The summed E-state index contributed by atoms with van der Waals surface area (Å²) in [6, 6.07) is 1.99. The molecule has 3 heterocycles. The Bertz CT molecular complexity index is 688. The van der Waals surface area contributed by atoms with Gasteiger partial charge in [-0.2, -0.15) is 0 Å². The summed E-state index contributed by atoms with van der Waals surface area (Å²) in [5, 5.41) is 8.74. The molecule has 0 radical (unpaired) electrons. The Morgan fingerprint density at radius 2 is 2.48 bits per heavy atom. The van der Waals surface area contributed by atoms with Crippen molar-refractivity contribution in [1.82, 2.24) is 20.2 Å². The molecule has 0 unspecified atom stereocenters. The summed E-state index contributed by atoms with van der Waals surface area (Å²) >= 11 is 1.45. The molecule has 2 N–H and O–H groups in total. The van der Waals surface area contributed by atoms with Gasteiger partial charge < -0.3 is 10.6 Å². The molecule has 6 nitrogen and oxygen atoms in total. The lowest BCUT2D eigenvalue weighted by Crippen LogP contribution is -2.45. The molecule has 21 heavy (non-hydrogen) atoms. The number of fused-ring (bicyclic) bond motifs is 1. The van der Waals surface area contributed by atoms with E-state index in [0.717, 1.165) is 30.8 Å². The van der Waals surface area contributed by atoms with Gasteiger partial charge in [0, 0.05) is 25.6 Å². The molecule has 2 aromatic rings. The average Bonchev–Trinajstić information content (AvgIpc) is 2.97. The smallest absolute Gasteiger partial charge is 0.262 e. The monoisotopic (exact) mass is 306 g/mol. The van der Waals surface area contributed by atoms with Crippen LogP contribution in [0.2, 0.25) is 0 Å². The zero-order valence-corrected chi connectivity index (χ0v) is 12.5. The third-order valence-corrected chi connectivity index (χ3v) is 4.51. The Labute approximate surface area is 126 Å². The first-order valence-corrected chi connectivity index (χ1v) is 8.05. The molecule has 0 saturated carbocycles. The van der Waals surface area contributed by atoms with Crippen LogP contribution in [-0.4, -0.2) is 34.6 Å². The number of rotatable bonds is 4. The zero-order valence-electron chi connectivity index (χ0n) is 11.7. The molecule has 1 fully saturated rings. The standard InChI is InChI=1S/C14H18N4O2S/c19-12(17-10-2-1-5-15-8-10)3-6-18-9-16-13-11(14(18)20)4-7-21-13/h4,7,9-10,15H,1-3,5-6,8H2,(H,17,19)/t10-/m0/s1. The minimum absolute atomic E-state index is 0.0129. The van der Waals surface area contributed by atoms with Crippen LogP contribution in [0, 0.1) is 0 Å². The maximum Gasteiger partial charge on any atom is 0.262 e. The molecule has 2 aromatic heterocycles. The lowest BCUT2D eigenvalue weighted by atomic mass is 10.1. The van der Waals surface area contributed by atoms with Crippen molar-refractivity contribution >= 4 is 27.5 Å². The highest BCUT2D eigenvalue weighted by molar-refractivity contribution is 7.16. The van der Waals surface area contributed by atoms with Gasteiger partial charge in [-0.1, -0.05) is 0 Å². The SMILES string of the molecule is O=C(CCn1cnc2sccc2c1=O)N[C@H]1CCCNC1. The second-order valence-corrected chi connectivity index (χ2v) is 6.14. The maximum absolute atomic E-state index is 12.2. The van der Waals surface area contributed by atoms with Crippen LogP contribution in [0.4, 0.5) is 0 Å². The van der Waals surface area contributed by atoms with Crippen LogP contribution < -0.4 is 16.2 Å². The quantitative estimate of drug-likeness (QED) is 0.872. The van der Waals surface area contributed by atoms with E-state index in [9.17, 15) is 9.59 Å². The molecule has 0 spiro atoms. The Kier molecular flexibility index (Phi) is 4.31. The largest absolute Gasteiger partial charge is 0.352 e. The normalized spacial score (nSPS) is 18.8. The molecule has 112 valence electrons. The van der Waals surface area contributed by atoms with Crippen molar-refractivity contribution in [2.75, 3.05) is 13.1 Å². The summed E-state index contributed by atoms with van der Waals surface area (Å²) in [4.78, 5) is 29.1. The Morgan fingerprint density at radius 3 is 3.29 bits per heavy atom. The predicted molar refractivity (Wildman–Crippen MR) is 82.5 cm³/mol. The molecule has 0 bridgehead atoms. The highest BCUT2D eigenvalue weighted by Gasteiger charge is 2.15. The van der Waals surface area contributed by atoms with Gasteiger partial charge in [-0.25, -0.2) is 4.98 Å². The van der Waals surface area contributed by atoms with Crippen molar-refractivity contribution in [1.29, 1.82) is 0 Å². The van der Waals surface area contributed by atoms with E-state index in [-0.39, 0.29) is 17.5 Å². The summed E-state index contributed by atoms with van der Waals surface area (Å²) in [5.41, 5.74) is -0.0756. The van der Waals surface area contributed by atoms with E-state index in [2.05, 4.69) is 15.6 Å². The molecule has 1 atom stereocenters. The fourth-order valence-corrected chi connectivity index (χ4v) is 3.27. The number of carbonyl (C=O) groups is 1. The Balaban J connectivity index is 1.59. The summed E-state index contributed by atoms with van der Waals surface area (Å²) in [6.45, 7) is 2.21. The molecular formula is C14H18N4O2S. The third kappa shape index (κ3) is 3.30. The first kappa shape index (κ1) is 14.2. The maximum atomic E-state index is 12.2. The molecule has 1 aliphatic heterocycles.